The van der Waals surface area contributed by atoms with Crippen molar-refractivity contribution in [1.29, 1.82) is 0 Å². The number of hydrogen-bond donors (Lipinski definition) is 0. The molecule has 0 amide bonds. The lowest BCUT2D eigenvalue weighted by atomic mass is 9.68. The summed E-state index contributed by atoms with van der Waals surface area (Å²) in [6.07, 6.45) is 0. The second-order valence-electron chi connectivity index (χ2n) is 14.4. The molecule has 0 saturated heterocycles. The van der Waals surface area contributed by atoms with E-state index >= 15 is 0 Å². The van der Waals surface area contributed by atoms with E-state index in [0.717, 1.165) is 33.9 Å². The van der Waals surface area contributed by atoms with E-state index in [4.69, 9.17) is 9.97 Å². The van der Waals surface area contributed by atoms with Crippen LogP contribution in [0, 0.1) is 0 Å². The molecule has 12 rings (SSSR count). The molecule has 244 valence electrons. The standard InChI is InChI=1S/C51H30N2/c1-3-15-31(16-4-1)45-30-46(32-17-5-2-6-18-32)53-50(52-45)40-26-14-24-37-35-21-9-11-27-42(35)51(49(37)40)43-28-12-10-22-38(43)48-39-25-13-23-36-33-19-7-8-20-34(33)41(47(36)39)29-44(48)51/h1-30H. The summed E-state index contributed by atoms with van der Waals surface area (Å²) in [6, 6.07) is 66.3. The average Bonchev–Trinajstić information content (AvgIpc) is 3.84. The van der Waals surface area contributed by atoms with Crippen molar-refractivity contribution in [2.45, 2.75) is 5.41 Å². The first-order valence-electron chi connectivity index (χ1n) is 18.3. The number of fused-ring (bicyclic) bond motifs is 14. The summed E-state index contributed by atoms with van der Waals surface area (Å²) in [5.74, 6) is 0.734. The van der Waals surface area contributed by atoms with E-state index in [2.05, 4.69) is 182 Å². The molecule has 0 bridgehead atoms. The van der Waals surface area contributed by atoms with Crippen molar-refractivity contribution >= 4 is 10.8 Å². The van der Waals surface area contributed by atoms with E-state index in [1.54, 1.807) is 0 Å². The van der Waals surface area contributed by atoms with Crippen molar-refractivity contribution in [3.63, 3.8) is 0 Å². The average molecular weight is 671 g/mol. The predicted molar refractivity (Wildman–Crippen MR) is 217 cm³/mol. The molecular formula is C51H30N2. The van der Waals surface area contributed by atoms with Crippen LogP contribution in [-0.2, 0) is 5.41 Å². The molecule has 1 heterocycles. The Hall–Kier alpha value is -6.90. The minimum atomic E-state index is -0.578. The van der Waals surface area contributed by atoms with Gasteiger partial charge in [-0.1, -0.05) is 170 Å². The van der Waals surface area contributed by atoms with Gasteiger partial charge in [0, 0.05) is 16.7 Å². The van der Waals surface area contributed by atoms with Gasteiger partial charge in [0.05, 0.1) is 16.8 Å². The number of aromatic nitrogens is 2. The van der Waals surface area contributed by atoms with Crippen LogP contribution in [0.15, 0.2) is 182 Å². The van der Waals surface area contributed by atoms with Crippen LogP contribution in [0.1, 0.15) is 22.3 Å². The molecule has 1 aromatic heterocycles. The van der Waals surface area contributed by atoms with Crippen molar-refractivity contribution in [2.75, 3.05) is 0 Å². The highest BCUT2D eigenvalue weighted by Crippen LogP contribution is 2.66. The molecule has 2 heteroatoms. The largest absolute Gasteiger partial charge is 0.228 e. The van der Waals surface area contributed by atoms with Crippen molar-refractivity contribution in [3.8, 4) is 78.4 Å². The van der Waals surface area contributed by atoms with Crippen LogP contribution in [0.4, 0.5) is 0 Å². The topological polar surface area (TPSA) is 25.8 Å². The molecule has 0 radical (unpaired) electrons. The zero-order chi connectivity index (χ0) is 34.7. The predicted octanol–water partition coefficient (Wildman–Crippen LogP) is 12.6. The summed E-state index contributed by atoms with van der Waals surface area (Å²) < 4.78 is 0. The molecule has 2 nitrogen and oxygen atoms in total. The Labute approximate surface area is 307 Å². The van der Waals surface area contributed by atoms with E-state index in [1.807, 2.05) is 0 Å². The van der Waals surface area contributed by atoms with Crippen molar-refractivity contribution in [2.24, 2.45) is 0 Å². The minimum Gasteiger partial charge on any atom is -0.228 e. The van der Waals surface area contributed by atoms with Crippen molar-refractivity contribution in [1.82, 2.24) is 9.97 Å². The van der Waals surface area contributed by atoms with Gasteiger partial charge in [0.1, 0.15) is 0 Å². The lowest BCUT2D eigenvalue weighted by Gasteiger charge is -2.32. The molecule has 9 aromatic rings. The first-order valence-corrected chi connectivity index (χ1v) is 18.3. The van der Waals surface area contributed by atoms with Gasteiger partial charge in [0.15, 0.2) is 5.82 Å². The van der Waals surface area contributed by atoms with Crippen LogP contribution < -0.4 is 0 Å². The van der Waals surface area contributed by atoms with Crippen molar-refractivity contribution in [3.05, 3.63) is 204 Å². The molecule has 3 aliphatic rings. The second kappa shape index (κ2) is 10.6. The quantitative estimate of drug-likeness (QED) is 0.187. The van der Waals surface area contributed by atoms with Gasteiger partial charge < -0.3 is 0 Å². The zero-order valence-electron chi connectivity index (χ0n) is 28.7. The third kappa shape index (κ3) is 3.72. The molecule has 0 N–H and O–H groups in total. The zero-order valence-corrected chi connectivity index (χ0v) is 28.7. The summed E-state index contributed by atoms with van der Waals surface area (Å²) in [5.41, 5.74) is 20.0. The third-order valence-corrected chi connectivity index (χ3v) is 11.8. The molecule has 0 aliphatic heterocycles. The Balaban J connectivity index is 1.23. The first kappa shape index (κ1) is 28.8. The summed E-state index contributed by atoms with van der Waals surface area (Å²) >= 11 is 0. The smallest absolute Gasteiger partial charge is 0.160 e. The van der Waals surface area contributed by atoms with Crippen LogP contribution in [0.5, 0.6) is 0 Å². The van der Waals surface area contributed by atoms with E-state index in [-0.39, 0.29) is 0 Å². The van der Waals surface area contributed by atoms with Crippen LogP contribution in [0.3, 0.4) is 0 Å². The molecule has 3 aliphatic carbocycles. The van der Waals surface area contributed by atoms with E-state index in [0.29, 0.717) is 0 Å². The molecule has 0 fully saturated rings. The maximum atomic E-state index is 5.42. The molecule has 1 spiro atoms. The molecule has 0 saturated carbocycles. The summed E-state index contributed by atoms with van der Waals surface area (Å²) in [7, 11) is 0. The fourth-order valence-corrected chi connectivity index (χ4v) is 9.82. The van der Waals surface area contributed by atoms with E-state index in [9.17, 15) is 0 Å². The molecule has 1 unspecified atom stereocenters. The Morgan fingerprint density at radius 2 is 0.849 bits per heavy atom. The van der Waals surface area contributed by atoms with Gasteiger partial charge in [-0.05, 0) is 89.7 Å². The maximum absolute atomic E-state index is 5.42. The SMILES string of the molecule is c1ccc(-c2cc(-c3ccccc3)nc(-c3cccc4c3C3(c5ccccc5-4)c4ccccc4-c4c3cc3c5c(cccc45)-c4ccccc4-3)n2)cc1. The third-order valence-electron chi connectivity index (χ3n) is 11.8. The van der Waals surface area contributed by atoms with Crippen LogP contribution in [-0.4, -0.2) is 9.97 Å². The summed E-state index contributed by atoms with van der Waals surface area (Å²) in [5, 5.41) is 2.66. The maximum Gasteiger partial charge on any atom is 0.160 e. The fraction of sp³-hybridized carbons (Fsp3) is 0.0196. The van der Waals surface area contributed by atoms with E-state index < -0.39 is 5.41 Å². The number of rotatable bonds is 3. The highest BCUT2D eigenvalue weighted by atomic mass is 14.9. The highest BCUT2D eigenvalue weighted by molar-refractivity contribution is 6.21. The Morgan fingerprint density at radius 1 is 0.340 bits per heavy atom. The highest BCUT2D eigenvalue weighted by Gasteiger charge is 2.54. The van der Waals surface area contributed by atoms with Gasteiger partial charge in [-0.3, -0.25) is 0 Å². The number of nitrogens with zero attached hydrogens (tertiary/aromatic N) is 2. The Morgan fingerprint density at radius 3 is 1.55 bits per heavy atom. The van der Waals surface area contributed by atoms with Crippen LogP contribution in [0.2, 0.25) is 0 Å². The summed E-state index contributed by atoms with van der Waals surface area (Å²) in [6.45, 7) is 0. The molecule has 1 atom stereocenters. The van der Waals surface area contributed by atoms with Gasteiger partial charge in [0.25, 0.3) is 0 Å². The van der Waals surface area contributed by atoms with Crippen molar-refractivity contribution < 1.29 is 0 Å². The van der Waals surface area contributed by atoms with Crippen LogP contribution in [0.25, 0.3) is 89.2 Å². The van der Waals surface area contributed by atoms with Crippen LogP contribution >= 0.6 is 0 Å². The molecule has 53 heavy (non-hydrogen) atoms. The Bertz CT molecular complexity index is 2940. The fourth-order valence-electron chi connectivity index (χ4n) is 9.82. The molecular weight excluding hydrogens is 641 g/mol. The number of benzene rings is 8. The number of hydrogen-bond acceptors (Lipinski definition) is 2. The lowest BCUT2D eigenvalue weighted by molar-refractivity contribution is 0.795. The monoisotopic (exact) mass is 670 g/mol. The van der Waals surface area contributed by atoms with Gasteiger partial charge in [0.2, 0.25) is 0 Å². The normalized spacial score (nSPS) is 15.2. The van der Waals surface area contributed by atoms with Gasteiger partial charge in [-0.15, -0.1) is 0 Å². The molecule has 8 aromatic carbocycles. The van der Waals surface area contributed by atoms with E-state index in [1.165, 1.54) is 77.5 Å². The Kier molecular flexibility index (Phi) is 5.73. The van der Waals surface area contributed by atoms with Gasteiger partial charge in [-0.2, -0.15) is 0 Å². The first-order chi connectivity index (χ1) is 26.3. The lowest BCUT2D eigenvalue weighted by Crippen LogP contribution is -2.27. The summed E-state index contributed by atoms with van der Waals surface area (Å²) in [4.78, 5) is 10.8. The second-order valence-corrected chi connectivity index (χ2v) is 14.4. The van der Waals surface area contributed by atoms with Gasteiger partial charge >= 0.3 is 0 Å². The minimum absolute atomic E-state index is 0.578. The van der Waals surface area contributed by atoms with Gasteiger partial charge in [-0.25, -0.2) is 9.97 Å².